The summed E-state index contributed by atoms with van der Waals surface area (Å²) in [6, 6.07) is 0. The van der Waals surface area contributed by atoms with Crippen LogP contribution in [0.3, 0.4) is 0 Å². The van der Waals surface area contributed by atoms with Crippen LogP contribution in [-0.4, -0.2) is 0 Å². The van der Waals surface area contributed by atoms with Crippen LogP contribution in [0.4, 0.5) is 12.6 Å². The quantitative estimate of drug-likeness (QED) is 0.429. The molecule has 0 aliphatic carbocycles. The second-order valence-corrected chi connectivity index (χ2v) is 10.1. The topological polar surface area (TPSA) is 0 Å². The fraction of sp³-hybridized carbons (Fsp3) is 0. The Hall–Kier alpha value is 1.83. The van der Waals surface area contributed by atoms with Gasteiger partial charge in [-0.2, -0.15) is 12.6 Å². The van der Waals surface area contributed by atoms with Crippen molar-refractivity contribution in [2.45, 2.75) is 0 Å². The molecule has 8 heteroatoms. The van der Waals surface area contributed by atoms with Crippen molar-refractivity contribution in [3.63, 3.8) is 0 Å². The Morgan fingerprint density at radius 1 is 1.00 bits per heavy atom. The summed E-state index contributed by atoms with van der Waals surface area (Å²) in [5.41, 5.74) is 0. The van der Waals surface area contributed by atoms with E-state index in [1.165, 1.54) is 0 Å². The Bertz CT molecular complexity index is 30.0. The van der Waals surface area contributed by atoms with Crippen LogP contribution in [0.5, 0.6) is 0 Å². The van der Waals surface area contributed by atoms with Gasteiger partial charge in [-0.05, 0) is 0 Å². The van der Waals surface area contributed by atoms with Crippen molar-refractivity contribution in [1.29, 1.82) is 0 Å². The van der Waals surface area contributed by atoms with Gasteiger partial charge < -0.3 is 0 Å². The molecule has 0 atom stereocenters. The normalized spacial score (nSPS) is 10.1. The maximum absolute atomic E-state index is 9.73. The van der Waals surface area contributed by atoms with Gasteiger partial charge in [-0.3, -0.25) is 0 Å². The molecule has 0 aromatic heterocycles. The number of hydrogen-bond acceptors (Lipinski definition) is 0. The summed E-state index contributed by atoms with van der Waals surface area (Å²) in [6.45, 7) is 0. The molecule has 58 valence electrons. The van der Waals surface area contributed by atoms with E-state index in [1.807, 2.05) is 0 Å². The van der Waals surface area contributed by atoms with E-state index < -0.39 is 24.1 Å². The van der Waals surface area contributed by atoms with Gasteiger partial charge in [0.2, 0.25) is 0 Å². The molecule has 0 heterocycles. The molecule has 0 aliphatic rings. The summed E-state index contributed by atoms with van der Waals surface area (Å²) in [4.78, 5) is 0. The van der Waals surface area contributed by atoms with Crippen molar-refractivity contribution in [2.75, 3.05) is 0 Å². The summed E-state index contributed by atoms with van der Waals surface area (Å²) in [5.74, 6) is 0. The second-order valence-electron chi connectivity index (χ2n) is 0.321. The van der Waals surface area contributed by atoms with Gasteiger partial charge in [0.15, 0.2) is 0 Å². The van der Waals surface area contributed by atoms with E-state index in [1.54, 1.807) is 0 Å². The van der Waals surface area contributed by atoms with Crippen molar-refractivity contribution < 1.29 is 27.8 Å². The minimum absolute atomic E-state index is 1.79. The summed E-state index contributed by atoms with van der Waals surface area (Å²) < 4.78 is 29.2. The fourth-order valence-electron chi connectivity index (χ4n) is 0. The first kappa shape index (κ1) is 12.5. The molecule has 0 fully saturated rings. The SMILES string of the molecule is FP(F)F.[Cl][Au]([Cl])[Cl]. The van der Waals surface area contributed by atoms with Gasteiger partial charge in [-0.15, -0.1) is 0 Å². The third-order valence-electron chi connectivity index (χ3n) is 0. The molecule has 0 bridgehead atoms. The van der Waals surface area contributed by atoms with Crippen LogP contribution in [0.2, 0.25) is 0 Å². The Kier molecular flexibility index (Phi) is 13.8. The summed E-state index contributed by atoms with van der Waals surface area (Å²) in [7, 11) is 10.7. The molecule has 0 saturated carbocycles. The van der Waals surface area contributed by atoms with Crippen molar-refractivity contribution in [3.8, 4) is 0 Å². The van der Waals surface area contributed by atoms with Crippen LogP contribution >= 0.6 is 36.4 Å². The molecule has 0 unspecified atom stereocenters. The molecule has 0 rings (SSSR count). The average Bonchev–Trinajstić information content (AvgIpc) is 1.25. The fourth-order valence-corrected chi connectivity index (χ4v) is 0. The van der Waals surface area contributed by atoms with Gasteiger partial charge in [0, 0.05) is 0 Å². The van der Waals surface area contributed by atoms with E-state index in [0.717, 1.165) is 0 Å². The Balaban J connectivity index is 0. The van der Waals surface area contributed by atoms with Crippen LogP contribution in [0.25, 0.3) is 0 Å². The third-order valence-corrected chi connectivity index (χ3v) is 0. The second kappa shape index (κ2) is 8.83. The first-order valence-corrected chi connectivity index (χ1v) is 9.92. The van der Waals surface area contributed by atoms with Gasteiger partial charge in [0.1, 0.15) is 0 Å². The summed E-state index contributed by atoms with van der Waals surface area (Å²) in [6.07, 6.45) is 0. The van der Waals surface area contributed by atoms with Crippen molar-refractivity contribution in [2.24, 2.45) is 0 Å². The molecule has 0 radical (unpaired) electrons. The Labute approximate surface area is 64.0 Å². The number of halogens is 6. The molecule has 0 aromatic carbocycles. The Morgan fingerprint density at radius 2 is 1.00 bits per heavy atom. The molecular weight excluding hydrogens is 391 g/mol. The monoisotopic (exact) mass is 390 g/mol. The summed E-state index contributed by atoms with van der Waals surface area (Å²) >= 11 is -1.79. The zero-order valence-electron chi connectivity index (χ0n) is 3.02. The van der Waals surface area contributed by atoms with E-state index in [2.05, 4.69) is 0 Å². The molecule has 8 heavy (non-hydrogen) atoms. The molecular formula is AuCl3F3P. The molecule has 0 nitrogen and oxygen atoms in total. The third kappa shape index (κ3) is 109. The van der Waals surface area contributed by atoms with Crippen LogP contribution in [0.1, 0.15) is 0 Å². The van der Waals surface area contributed by atoms with E-state index in [4.69, 9.17) is 27.6 Å². The summed E-state index contributed by atoms with van der Waals surface area (Å²) in [5, 5.41) is 0. The molecule has 0 spiro atoms. The zero-order chi connectivity index (χ0) is 7.15. The minimum atomic E-state index is -4.12. The Morgan fingerprint density at radius 3 is 1.00 bits per heavy atom. The van der Waals surface area contributed by atoms with Crippen LogP contribution in [0, 0.1) is 0 Å². The maximum atomic E-state index is 9.73. The van der Waals surface area contributed by atoms with Crippen LogP contribution < -0.4 is 0 Å². The average molecular weight is 391 g/mol. The van der Waals surface area contributed by atoms with E-state index in [-0.39, 0.29) is 0 Å². The van der Waals surface area contributed by atoms with Crippen LogP contribution in [-0.2, 0) is 15.2 Å². The molecule has 0 amide bonds. The van der Waals surface area contributed by atoms with E-state index in [0.29, 0.717) is 0 Å². The van der Waals surface area contributed by atoms with E-state index in [9.17, 15) is 12.6 Å². The predicted molar refractivity (Wildman–Crippen MR) is 27.8 cm³/mol. The van der Waals surface area contributed by atoms with Crippen LogP contribution in [0.15, 0.2) is 0 Å². The predicted octanol–water partition coefficient (Wildman–Crippen LogP) is 4.19. The molecule has 0 saturated heterocycles. The molecule has 0 aromatic rings. The number of hydrogen-bond donors (Lipinski definition) is 0. The van der Waals surface area contributed by atoms with Crippen molar-refractivity contribution in [1.82, 2.24) is 0 Å². The first-order valence-electron chi connectivity index (χ1n) is 0.849. The van der Waals surface area contributed by atoms with Gasteiger partial charge in [0.25, 0.3) is 0 Å². The van der Waals surface area contributed by atoms with Crippen molar-refractivity contribution >= 4 is 36.4 Å². The van der Waals surface area contributed by atoms with Gasteiger partial charge in [-0.1, -0.05) is 0 Å². The van der Waals surface area contributed by atoms with E-state index >= 15 is 0 Å². The zero-order valence-corrected chi connectivity index (χ0v) is 8.35. The molecule has 0 N–H and O–H groups in total. The van der Waals surface area contributed by atoms with Gasteiger partial charge in [0.05, 0.1) is 0 Å². The van der Waals surface area contributed by atoms with Gasteiger partial charge >= 0.3 is 51.6 Å². The molecule has 0 aliphatic heterocycles. The number of rotatable bonds is 0. The van der Waals surface area contributed by atoms with Gasteiger partial charge in [-0.25, -0.2) is 0 Å². The first-order chi connectivity index (χ1) is 3.46. The standard InChI is InChI=1S/Au.3ClH.F3P/c;;;;1-4(2)3/h;3*1H;/q+3;;;;/p-3. The van der Waals surface area contributed by atoms with Crippen molar-refractivity contribution in [3.05, 3.63) is 0 Å².